The number of carbonyl (C=O) groups is 1. The molecule has 0 aliphatic rings. The molecule has 1 N–H and O–H groups in total. The van der Waals surface area contributed by atoms with Crippen molar-refractivity contribution in [2.75, 3.05) is 19.5 Å². The first kappa shape index (κ1) is 19.1. The molecule has 4 rings (SSSR count). The largest absolute Gasteiger partial charge is 0.493 e. The van der Waals surface area contributed by atoms with Crippen LogP contribution in [0.25, 0.3) is 22.6 Å². The van der Waals surface area contributed by atoms with Crippen molar-refractivity contribution >= 4 is 23.0 Å². The van der Waals surface area contributed by atoms with Gasteiger partial charge in [0, 0.05) is 12.6 Å². The zero-order chi connectivity index (χ0) is 21.3. The van der Waals surface area contributed by atoms with E-state index in [0.29, 0.717) is 28.1 Å². The maximum Gasteiger partial charge on any atom is 0.322 e. The van der Waals surface area contributed by atoms with E-state index in [1.807, 2.05) is 12.1 Å². The number of benzene rings is 2. The summed E-state index contributed by atoms with van der Waals surface area (Å²) in [6.07, 6.45) is 0. The summed E-state index contributed by atoms with van der Waals surface area (Å²) in [4.78, 5) is 29.5. The second-order valence-corrected chi connectivity index (χ2v) is 6.25. The van der Waals surface area contributed by atoms with Crippen molar-refractivity contribution in [3.05, 3.63) is 58.4 Å². The predicted octanol–water partition coefficient (Wildman–Crippen LogP) is 2.25. The molecule has 1 amide bonds. The summed E-state index contributed by atoms with van der Waals surface area (Å²) < 4.78 is 17.3. The summed E-state index contributed by atoms with van der Waals surface area (Å²) >= 11 is 0. The Labute approximate surface area is 170 Å². The lowest BCUT2D eigenvalue weighted by Gasteiger charge is -2.08. The molecule has 4 aromatic rings. The molecule has 2 aromatic heterocycles. The van der Waals surface area contributed by atoms with Crippen LogP contribution in [-0.2, 0) is 7.05 Å². The van der Waals surface area contributed by atoms with Gasteiger partial charge in [-0.2, -0.15) is 0 Å². The van der Waals surface area contributed by atoms with Crippen LogP contribution in [0, 0.1) is 0 Å². The van der Waals surface area contributed by atoms with Crippen molar-refractivity contribution in [2.24, 2.45) is 7.05 Å². The van der Waals surface area contributed by atoms with Gasteiger partial charge in [-0.1, -0.05) is 17.2 Å². The number of carbonyl (C=O) groups excluding carboxylic acids is 1. The Hall–Kier alpha value is -4.21. The molecule has 0 unspecified atom stereocenters. The van der Waals surface area contributed by atoms with E-state index in [0.717, 1.165) is 0 Å². The predicted molar refractivity (Wildman–Crippen MR) is 108 cm³/mol. The van der Waals surface area contributed by atoms with Gasteiger partial charge < -0.3 is 18.5 Å². The van der Waals surface area contributed by atoms with Gasteiger partial charge in [-0.25, -0.2) is 4.98 Å². The van der Waals surface area contributed by atoms with Crippen molar-refractivity contribution in [3.63, 3.8) is 0 Å². The third kappa shape index (κ3) is 3.34. The van der Waals surface area contributed by atoms with Gasteiger partial charge in [-0.3, -0.25) is 14.9 Å². The second-order valence-electron chi connectivity index (χ2n) is 6.25. The van der Waals surface area contributed by atoms with E-state index in [1.54, 1.807) is 31.3 Å². The molecule has 30 heavy (non-hydrogen) atoms. The third-order valence-corrected chi connectivity index (χ3v) is 4.48. The maximum absolute atomic E-state index is 12.6. The van der Waals surface area contributed by atoms with E-state index in [-0.39, 0.29) is 17.6 Å². The number of aryl methyl sites for hydroxylation is 1. The summed E-state index contributed by atoms with van der Waals surface area (Å²) in [5.74, 6) is 0.307. The Bertz CT molecular complexity index is 1310. The SMILES string of the molecule is COc1ccc(C(=O)Nc2nnc(-c3nc4ccccc4n(C)c3=O)o2)cc1OC. The molecule has 2 aromatic carbocycles. The van der Waals surface area contributed by atoms with E-state index in [4.69, 9.17) is 13.9 Å². The minimum absolute atomic E-state index is 0.00434. The van der Waals surface area contributed by atoms with Crippen molar-refractivity contribution < 1.29 is 18.7 Å². The topological polar surface area (TPSA) is 121 Å². The number of para-hydroxylation sites is 2. The summed E-state index contributed by atoms with van der Waals surface area (Å²) in [7, 11) is 4.61. The van der Waals surface area contributed by atoms with Crippen molar-refractivity contribution in [1.29, 1.82) is 0 Å². The molecule has 10 heteroatoms. The average Bonchev–Trinajstić information content (AvgIpc) is 3.23. The summed E-state index contributed by atoms with van der Waals surface area (Å²) in [6.45, 7) is 0. The molecule has 0 spiro atoms. The molecule has 2 heterocycles. The van der Waals surface area contributed by atoms with Crippen LogP contribution in [-0.4, -0.2) is 39.9 Å². The molecule has 0 aliphatic heterocycles. The van der Waals surface area contributed by atoms with Crippen LogP contribution in [0.3, 0.4) is 0 Å². The summed E-state index contributed by atoms with van der Waals surface area (Å²) in [5, 5.41) is 10.1. The zero-order valence-corrected chi connectivity index (χ0v) is 16.4. The van der Waals surface area contributed by atoms with Gasteiger partial charge in [0.1, 0.15) is 0 Å². The number of nitrogens with zero attached hydrogens (tertiary/aromatic N) is 4. The minimum Gasteiger partial charge on any atom is -0.493 e. The first-order chi connectivity index (χ1) is 14.5. The highest BCUT2D eigenvalue weighted by molar-refractivity contribution is 6.03. The Balaban J connectivity index is 1.62. The molecule has 0 atom stereocenters. The Morgan fingerprint density at radius 3 is 2.60 bits per heavy atom. The zero-order valence-electron chi connectivity index (χ0n) is 16.4. The van der Waals surface area contributed by atoms with Crippen LogP contribution in [0.5, 0.6) is 11.5 Å². The number of rotatable bonds is 5. The highest BCUT2D eigenvalue weighted by Crippen LogP contribution is 2.28. The van der Waals surface area contributed by atoms with Crippen molar-refractivity contribution in [2.45, 2.75) is 0 Å². The number of ether oxygens (including phenoxy) is 2. The smallest absolute Gasteiger partial charge is 0.322 e. The number of fused-ring (bicyclic) bond motifs is 1. The number of methoxy groups -OCH3 is 2. The second kappa shape index (κ2) is 7.66. The Morgan fingerprint density at radius 1 is 1.07 bits per heavy atom. The fourth-order valence-corrected chi connectivity index (χ4v) is 2.93. The number of amides is 1. The summed E-state index contributed by atoms with van der Waals surface area (Å²) in [5.41, 5.74) is 1.18. The van der Waals surface area contributed by atoms with Gasteiger partial charge in [0.25, 0.3) is 17.4 Å². The monoisotopic (exact) mass is 407 g/mol. The number of anilines is 1. The van der Waals surface area contributed by atoms with Gasteiger partial charge in [0.15, 0.2) is 17.2 Å². The molecule has 10 nitrogen and oxygen atoms in total. The highest BCUT2D eigenvalue weighted by Gasteiger charge is 2.19. The maximum atomic E-state index is 12.6. The lowest BCUT2D eigenvalue weighted by atomic mass is 10.2. The van der Waals surface area contributed by atoms with Crippen LogP contribution in [0.1, 0.15) is 10.4 Å². The van der Waals surface area contributed by atoms with Gasteiger partial charge in [-0.05, 0) is 30.3 Å². The highest BCUT2D eigenvalue weighted by atomic mass is 16.5. The Kier molecular flexibility index (Phi) is 4.88. The van der Waals surface area contributed by atoms with Crippen LogP contribution in [0.2, 0.25) is 0 Å². The first-order valence-electron chi connectivity index (χ1n) is 8.85. The normalized spacial score (nSPS) is 10.8. The standard InChI is InChI=1S/C20H17N5O5/c1-25-13-7-5-4-6-12(13)21-16(19(25)27)18-23-24-20(30-18)22-17(26)11-8-9-14(28-2)15(10-11)29-3/h4-10H,1-3H3,(H,22,24,26). The van der Waals surface area contributed by atoms with E-state index in [9.17, 15) is 9.59 Å². The van der Waals surface area contributed by atoms with E-state index in [2.05, 4.69) is 20.5 Å². The molecule has 0 fully saturated rings. The van der Waals surface area contributed by atoms with Crippen LogP contribution in [0.4, 0.5) is 6.01 Å². The van der Waals surface area contributed by atoms with Gasteiger partial charge in [-0.15, -0.1) is 5.10 Å². The van der Waals surface area contributed by atoms with Gasteiger partial charge >= 0.3 is 6.01 Å². The van der Waals surface area contributed by atoms with E-state index < -0.39 is 11.5 Å². The molecule has 0 saturated carbocycles. The number of nitrogens with one attached hydrogen (secondary N) is 1. The number of hydrogen-bond acceptors (Lipinski definition) is 8. The van der Waals surface area contributed by atoms with Gasteiger partial charge in [0.05, 0.1) is 25.3 Å². The fraction of sp³-hybridized carbons (Fsp3) is 0.150. The minimum atomic E-state index is -0.495. The summed E-state index contributed by atoms with van der Waals surface area (Å²) in [6, 6.07) is 11.7. The van der Waals surface area contributed by atoms with Gasteiger partial charge in [0.2, 0.25) is 0 Å². The average molecular weight is 407 g/mol. The van der Waals surface area contributed by atoms with Crippen molar-refractivity contribution in [1.82, 2.24) is 19.7 Å². The molecular weight excluding hydrogens is 390 g/mol. The first-order valence-corrected chi connectivity index (χ1v) is 8.85. The lowest BCUT2D eigenvalue weighted by Crippen LogP contribution is -2.20. The molecule has 0 saturated heterocycles. The van der Waals surface area contributed by atoms with E-state index in [1.165, 1.54) is 24.9 Å². The molecule has 0 radical (unpaired) electrons. The lowest BCUT2D eigenvalue weighted by molar-refractivity contribution is 0.102. The molecule has 152 valence electrons. The van der Waals surface area contributed by atoms with Crippen LogP contribution < -0.4 is 20.3 Å². The molecular formula is C20H17N5O5. The van der Waals surface area contributed by atoms with Crippen molar-refractivity contribution in [3.8, 4) is 23.1 Å². The third-order valence-electron chi connectivity index (χ3n) is 4.48. The quantitative estimate of drug-likeness (QED) is 0.535. The fourth-order valence-electron chi connectivity index (χ4n) is 2.93. The van der Waals surface area contributed by atoms with Crippen LogP contribution in [0.15, 0.2) is 51.7 Å². The van der Waals surface area contributed by atoms with Crippen LogP contribution >= 0.6 is 0 Å². The number of hydrogen-bond donors (Lipinski definition) is 1. The Morgan fingerprint density at radius 2 is 1.83 bits per heavy atom. The molecule has 0 bridgehead atoms. The number of aromatic nitrogens is 4. The molecule has 0 aliphatic carbocycles. The van der Waals surface area contributed by atoms with E-state index >= 15 is 0 Å².